The minimum atomic E-state index is -0.633. The number of halogens is 1. The fourth-order valence-electron chi connectivity index (χ4n) is 5.01. The number of nitrogens with one attached hydrogen (secondary N) is 1. The van der Waals surface area contributed by atoms with Crippen molar-refractivity contribution in [1.29, 1.82) is 0 Å². The van der Waals surface area contributed by atoms with Crippen LogP contribution >= 0.6 is 11.6 Å². The van der Waals surface area contributed by atoms with Crippen LogP contribution in [0.1, 0.15) is 55.5 Å². The highest BCUT2D eigenvalue weighted by atomic mass is 35.5. The van der Waals surface area contributed by atoms with Crippen molar-refractivity contribution in [3.63, 3.8) is 0 Å². The molecular formula is C28H36ClN3O2. The average molecular weight is 482 g/mol. The van der Waals surface area contributed by atoms with Crippen molar-refractivity contribution >= 4 is 34.8 Å². The molecule has 0 bridgehead atoms. The molecule has 5 nitrogen and oxygen atoms in total. The van der Waals surface area contributed by atoms with Gasteiger partial charge >= 0.3 is 0 Å². The summed E-state index contributed by atoms with van der Waals surface area (Å²) in [4.78, 5) is 30.1. The molecule has 182 valence electrons. The van der Waals surface area contributed by atoms with Crippen molar-refractivity contribution in [2.24, 2.45) is 11.8 Å². The average Bonchev–Trinajstić information content (AvgIpc) is 2.85. The first-order valence-electron chi connectivity index (χ1n) is 12.6. The van der Waals surface area contributed by atoms with Gasteiger partial charge in [-0.1, -0.05) is 37.3 Å². The SMILES string of the molecule is CC1CCN(C(=O)c2cc(NC(=O)C(C)Cl)ccc2N2CCC(Cc3ccccc3)CC2)CC1. The number of hydrogen-bond acceptors (Lipinski definition) is 3. The molecule has 2 fully saturated rings. The third-order valence-corrected chi connectivity index (χ3v) is 7.45. The van der Waals surface area contributed by atoms with Gasteiger partial charge in [-0.2, -0.15) is 0 Å². The van der Waals surface area contributed by atoms with E-state index < -0.39 is 5.38 Å². The van der Waals surface area contributed by atoms with E-state index in [1.165, 1.54) is 5.56 Å². The molecule has 0 radical (unpaired) electrons. The van der Waals surface area contributed by atoms with Crippen LogP contribution in [0.2, 0.25) is 0 Å². The highest BCUT2D eigenvalue weighted by molar-refractivity contribution is 6.32. The van der Waals surface area contributed by atoms with E-state index in [-0.39, 0.29) is 11.8 Å². The second kappa shape index (κ2) is 11.3. The molecule has 6 heteroatoms. The summed E-state index contributed by atoms with van der Waals surface area (Å²) >= 11 is 5.95. The van der Waals surface area contributed by atoms with E-state index in [1.807, 2.05) is 23.1 Å². The lowest BCUT2D eigenvalue weighted by atomic mass is 9.89. The molecule has 1 N–H and O–H groups in total. The molecule has 0 saturated carbocycles. The maximum Gasteiger partial charge on any atom is 0.256 e. The number of likely N-dealkylation sites (tertiary alicyclic amines) is 1. The lowest BCUT2D eigenvalue weighted by Crippen LogP contribution is -2.40. The Morgan fingerprint density at radius 3 is 2.32 bits per heavy atom. The third-order valence-electron chi connectivity index (χ3n) is 7.25. The van der Waals surface area contributed by atoms with E-state index in [1.54, 1.807) is 6.92 Å². The molecule has 4 rings (SSSR count). The Kier molecular flexibility index (Phi) is 8.15. The number of nitrogens with zero attached hydrogens (tertiary/aromatic N) is 2. The van der Waals surface area contributed by atoms with E-state index >= 15 is 0 Å². The summed E-state index contributed by atoms with van der Waals surface area (Å²) in [5.74, 6) is 1.11. The van der Waals surface area contributed by atoms with Crippen molar-refractivity contribution in [3.05, 3.63) is 59.7 Å². The third kappa shape index (κ3) is 6.12. The van der Waals surface area contributed by atoms with Crippen LogP contribution in [-0.4, -0.2) is 48.3 Å². The number of hydrogen-bond donors (Lipinski definition) is 1. The van der Waals surface area contributed by atoms with E-state index in [9.17, 15) is 9.59 Å². The molecule has 1 atom stereocenters. The summed E-state index contributed by atoms with van der Waals surface area (Å²) in [6.07, 6.45) is 5.38. The predicted octanol–water partition coefficient (Wildman–Crippen LogP) is 5.58. The standard InChI is InChI=1S/C28H36ClN3O2/c1-20-10-14-32(15-11-20)28(34)25-19-24(30-27(33)21(2)29)8-9-26(25)31-16-12-23(13-17-31)18-22-6-4-3-5-7-22/h3-9,19-21,23H,10-18H2,1-2H3,(H,30,33). The van der Waals surface area contributed by atoms with Crippen molar-refractivity contribution < 1.29 is 9.59 Å². The number of carbonyl (C=O) groups is 2. The predicted molar refractivity (Wildman–Crippen MR) is 140 cm³/mol. The van der Waals surface area contributed by atoms with Crippen LogP contribution in [0.15, 0.2) is 48.5 Å². The second-order valence-corrected chi connectivity index (χ2v) is 10.6. The van der Waals surface area contributed by atoms with Crippen LogP contribution < -0.4 is 10.2 Å². The number of alkyl halides is 1. The van der Waals surface area contributed by atoms with Crippen molar-refractivity contribution in [2.75, 3.05) is 36.4 Å². The number of amides is 2. The molecule has 2 aliphatic heterocycles. The number of piperidine rings is 2. The van der Waals surface area contributed by atoms with Gasteiger partial charge in [0.15, 0.2) is 0 Å². The maximum absolute atomic E-state index is 13.6. The summed E-state index contributed by atoms with van der Waals surface area (Å²) < 4.78 is 0. The van der Waals surface area contributed by atoms with E-state index in [0.717, 1.165) is 64.0 Å². The first kappa shape index (κ1) is 24.6. The smallest absolute Gasteiger partial charge is 0.256 e. The van der Waals surface area contributed by atoms with Crippen LogP contribution in [0, 0.1) is 11.8 Å². The lowest BCUT2D eigenvalue weighted by molar-refractivity contribution is -0.115. The van der Waals surface area contributed by atoms with Gasteiger partial charge in [0.2, 0.25) is 5.91 Å². The molecule has 0 spiro atoms. The van der Waals surface area contributed by atoms with Crippen molar-refractivity contribution in [3.8, 4) is 0 Å². The van der Waals surface area contributed by atoms with Gasteiger partial charge in [0.25, 0.3) is 5.91 Å². The topological polar surface area (TPSA) is 52.7 Å². The normalized spacial score (nSPS) is 18.6. The van der Waals surface area contributed by atoms with Crippen molar-refractivity contribution in [2.45, 2.75) is 51.3 Å². The minimum Gasteiger partial charge on any atom is -0.371 e. The molecule has 2 amide bonds. The quantitative estimate of drug-likeness (QED) is 0.547. The number of rotatable bonds is 6. The van der Waals surface area contributed by atoms with E-state index in [2.05, 4.69) is 47.5 Å². The Morgan fingerprint density at radius 1 is 1.00 bits per heavy atom. The molecule has 0 aliphatic carbocycles. The highest BCUT2D eigenvalue weighted by Crippen LogP contribution is 2.32. The van der Waals surface area contributed by atoms with Gasteiger partial charge in [-0.25, -0.2) is 0 Å². The van der Waals surface area contributed by atoms with Crippen LogP contribution in [0.5, 0.6) is 0 Å². The Morgan fingerprint density at radius 2 is 1.68 bits per heavy atom. The first-order chi connectivity index (χ1) is 16.4. The van der Waals surface area contributed by atoms with Gasteiger partial charge in [-0.3, -0.25) is 9.59 Å². The van der Waals surface area contributed by atoms with Gasteiger partial charge < -0.3 is 15.1 Å². The summed E-state index contributed by atoms with van der Waals surface area (Å²) in [6.45, 7) is 7.32. The fourth-order valence-corrected chi connectivity index (χ4v) is 5.06. The summed E-state index contributed by atoms with van der Waals surface area (Å²) in [6, 6.07) is 16.4. The summed E-state index contributed by atoms with van der Waals surface area (Å²) in [7, 11) is 0. The molecule has 0 aromatic heterocycles. The Labute approximate surface area is 208 Å². The molecule has 2 aromatic rings. The Balaban J connectivity index is 1.51. The zero-order chi connectivity index (χ0) is 24.1. The summed E-state index contributed by atoms with van der Waals surface area (Å²) in [5, 5.41) is 2.22. The Hall–Kier alpha value is -2.53. The van der Waals surface area contributed by atoms with Gasteiger partial charge in [-0.15, -0.1) is 11.6 Å². The largest absolute Gasteiger partial charge is 0.371 e. The Bertz CT molecular complexity index is 978. The van der Waals surface area contributed by atoms with E-state index in [0.29, 0.717) is 23.1 Å². The highest BCUT2D eigenvalue weighted by Gasteiger charge is 2.28. The monoisotopic (exact) mass is 481 g/mol. The minimum absolute atomic E-state index is 0.0586. The maximum atomic E-state index is 13.6. The van der Waals surface area contributed by atoms with Crippen LogP contribution in [-0.2, 0) is 11.2 Å². The van der Waals surface area contributed by atoms with E-state index in [4.69, 9.17) is 11.6 Å². The molecule has 2 aromatic carbocycles. The van der Waals surface area contributed by atoms with Crippen LogP contribution in [0.3, 0.4) is 0 Å². The number of benzene rings is 2. The zero-order valence-electron chi connectivity index (χ0n) is 20.3. The molecule has 1 unspecified atom stereocenters. The van der Waals surface area contributed by atoms with Gasteiger partial charge in [0.1, 0.15) is 5.38 Å². The second-order valence-electron chi connectivity index (χ2n) is 9.93. The zero-order valence-corrected chi connectivity index (χ0v) is 21.1. The molecular weight excluding hydrogens is 446 g/mol. The van der Waals surface area contributed by atoms with Gasteiger partial charge in [0.05, 0.1) is 5.56 Å². The summed E-state index contributed by atoms with van der Waals surface area (Å²) in [5.41, 5.74) is 3.66. The molecule has 2 aliphatic rings. The number of anilines is 2. The molecule has 2 saturated heterocycles. The first-order valence-corrected chi connectivity index (χ1v) is 13.0. The molecule has 34 heavy (non-hydrogen) atoms. The van der Waals surface area contributed by atoms with Crippen LogP contribution in [0.4, 0.5) is 11.4 Å². The van der Waals surface area contributed by atoms with Crippen molar-refractivity contribution in [1.82, 2.24) is 4.90 Å². The number of carbonyl (C=O) groups excluding carboxylic acids is 2. The van der Waals surface area contributed by atoms with Crippen LogP contribution in [0.25, 0.3) is 0 Å². The fraction of sp³-hybridized carbons (Fsp3) is 0.500. The van der Waals surface area contributed by atoms with Gasteiger partial charge in [0, 0.05) is 37.6 Å². The lowest BCUT2D eigenvalue weighted by Gasteiger charge is -2.36. The van der Waals surface area contributed by atoms with Gasteiger partial charge in [-0.05, 0) is 74.6 Å². The molecule has 2 heterocycles.